The average Bonchev–Trinajstić information content (AvgIpc) is 2.59. The van der Waals surface area contributed by atoms with Crippen LogP contribution in [0.15, 0.2) is 10.9 Å². The maximum atomic E-state index is 12.3. The molecule has 0 aliphatic carbocycles. The zero-order valence-corrected chi connectivity index (χ0v) is 15.3. The summed E-state index contributed by atoms with van der Waals surface area (Å²) in [5.74, 6) is -1.15. The molecule has 26 heavy (non-hydrogen) atoms. The molecule has 2 rings (SSSR count). The Bertz CT molecular complexity index is 698. The fourth-order valence-corrected chi connectivity index (χ4v) is 3.20. The molecule has 1 aliphatic rings. The number of anilines is 1. The smallest absolute Gasteiger partial charge is 0.303 e. The zero-order valence-electron chi connectivity index (χ0n) is 14.6. The van der Waals surface area contributed by atoms with Gasteiger partial charge in [0.2, 0.25) is 0 Å². The van der Waals surface area contributed by atoms with Crippen molar-refractivity contribution in [2.75, 3.05) is 25.4 Å². The second-order valence-electron chi connectivity index (χ2n) is 6.57. The third kappa shape index (κ3) is 6.03. The lowest BCUT2D eigenvalue weighted by atomic mass is 10.0. The normalized spacial score (nSPS) is 15.7. The van der Waals surface area contributed by atoms with Crippen LogP contribution in [0.1, 0.15) is 48.9 Å². The van der Waals surface area contributed by atoms with Gasteiger partial charge < -0.3 is 26.0 Å². The lowest BCUT2D eigenvalue weighted by molar-refractivity contribution is -0.137. The largest absolute Gasteiger partial charge is 0.481 e. The summed E-state index contributed by atoms with van der Waals surface area (Å²) in [7, 11) is 0. The molecule has 0 saturated carbocycles. The minimum absolute atomic E-state index is 0.0153. The van der Waals surface area contributed by atoms with E-state index < -0.39 is 17.4 Å². The Morgan fingerprint density at radius 2 is 2.00 bits per heavy atom. The lowest BCUT2D eigenvalue weighted by Crippen LogP contribution is -2.45. The maximum absolute atomic E-state index is 12.3. The van der Waals surface area contributed by atoms with E-state index in [-0.39, 0.29) is 28.9 Å². The molecule has 0 bridgehead atoms. The molecule has 1 aliphatic heterocycles. The van der Waals surface area contributed by atoms with Gasteiger partial charge in [-0.1, -0.05) is 18.0 Å². The first kappa shape index (κ1) is 20.3. The number of pyridine rings is 1. The van der Waals surface area contributed by atoms with E-state index in [0.717, 1.165) is 45.3 Å². The van der Waals surface area contributed by atoms with E-state index in [1.807, 2.05) is 0 Å². The fraction of sp³-hybridized carbons (Fsp3) is 0.588. The van der Waals surface area contributed by atoms with Gasteiger partial charge in [0.1, 0.15) is 11.4 Å². The summed E-state index contributed by atoms with van der Waals surface area (Å²) in [6, 6.07) is 1.30. The molecule has 0 unspecified atom stereocenters. The van der Waals surface area contributed by atoms with Gasteiger partial charge in [-0.05, 0) is 38.3 Å². The number of hydrogen-bond donors (Lipinski definition) is 4. The summed E-state index contributed by atoms with van der Waals surface area (Å²) in [5.41, 5.74) is 4.92. The van der Waals surface area contributed by atoms with Crippen molar-refractivity contribution in [1.29, 1.82) is 0 Å². The summed E-state index contributed by atoms with van der Waals surface area (Å²) in [6.45, 7) is 2.67. The Morgan fingerprint density at radius 3 is 2.65 bits per heavy atom. The minimum Gasteiger partial charge on any atom is -0.481 e. The molecule has 1 aromatic heterocycles. The van der Waals surface area contributed by atoms with Gasteiger partial charge in [0.15, 0.2) is 0 Å². The minimum atomic E-state index is -0.747. The maximum Gasteiger partial charge on any atom is 0.303 e. The Labute approximate surface area is 156 Å². The van der Waals surface area contributed by atoms with Crippen molar-refractivity contribution < 1.29 is 14.7 Å². The molecular formula is C17H25ClN4O4. The van der Waals surface area contributed by atoms with Crippen LogP contribution in [0.5, 0.6) is 0 Å². The number of likely N-dealkylation sites (tertiary alicyclic amines) is 1. The van der Waals surface area contributed by atoms with E-state index in [4.69, 9.17) is 22.4 Å². The number of carbonyl (C=O) groups excluding carboxylic acids is 1. The molecule has 2 heterocycles. The summed E-state index contributed by atoms with van der Waals surface area (Å²) < 4.78 is 0. The Hall–Kier alpha value is -2.06. The van der Waals surface area contributed by atoms with E-state index in [0.29, 0.717) is 6.42 Å². The summed E-state index contributed by atoms with van der Waals surface area (Å²) in [6.07, 6.45) is 4.43. The number of unbranched alkanes of at least 4 members (excludes halogenated alkanes) is 2. The SMILES string of the molecule is Nc1[nH]c(=O)c(C(=O)NC2CCN(CCCCCC(=O)O)CC2)cc1Cl. The van der Waals surface area contributed by atoms with Gasteiger partial charge in [-0.2, -0.15) is 0 Å². The first-order valence-corrected chi connectivity index (χ1v) is 9.18. The number of carboxylic acids is 1. The fourth-order valence-electron chi connectivity index (χ4n) is 3.04. The quantitative estimate of drug-likeness (QED) is 0.502. The number of nitrogen functional groups attached to an aromatic ring is 1. The third-order valence-corrected chi connectivity index (χ3v) is 4.87. The van der Waals surface area contributed by atoms with Crippen molar-refractivity contribution in [2.45, 2.75) is 44.6 Å². The van der Waals surface area contributed by atoms with E-state index in [2.05, 4.69) is 15.2 Å². The first-order valence-electron chi connectivity index (χ1n) is 8.80. The Balaban J connectivity index is 1.73. The van der Waals surface area contributed by atoms with Crippen LogP contribution in [0.4, 0.5) is 5.82 Å². The molecule has 9 heteroatoms. The number of aliphatic carboxylic acids is 1. The molecule has 1 fully saturated rings. The summed E-state index contributed by atoms with van der Waals surface area (Å²) >= 11 is 5.87. The number of halogens is 1. The molecule has 8 nitrogen and oxygen atoms in total. The number of aromatic amines is 1. The predicted molar refractivity (Wildman–Crippen MR) is 99.5 cm³/mol. The third-order valence-electron chi connectivity index (χ3n) is 4.55. The number of aromatic nitrogens is 1. The second-order valence-corrected chi connectivity index (χ2v) is 6.97. The topological polar surface area (TPSA) is 129 Å². The van der Waals surface area contributed by atoms with Crippen molar-refractivity contribution in [3.05, 3.63) is 27.0 Å². The number of carboxylic acid groups (broad SMARTS) is 1. The highest BCUT2D eigenvalue weighted by molar-refractivity contribution is 6.33. The number of nitrogens with zero attached hydrogens (tertiary/aromatic N) is 1. The van der Waals surface area contributed by atoms with Gasteiger partial charge >= 0.3 is 5.97 Å². The van der Waals surface area contributed by atoms with Crippen molar-refractivity contribution in [3.63, 3.8) is 0 Å². The van der Waals surface area contributed by atoms with E-state index in [9.17, 15) is 14.4 Å². The number of nitrogens with two attached hydrogens (primary N) is 1. The van der Waals surface area contributed by atoms with Gasteiger partial charge in [-0.15, -0.1) is 0 Å². The molecule has 1 amide bonds. The molecule has 1 aromatic rings. The van der Waals surface area contributed by atoms with Crippen molar-refractivity contribution >= 4 is 29.3 Å². The standard InChI is InChI=1S/C17H25ClN4O4/c18-13-10-12(17(26)21-15(13)19)16(25)20-11-5-8-22(9-6-11)7-3-1-2-4-14(23)24/h10-11H,1-9H2,(H,20,25)(H,23,24)(H3,19,21,26). The Morgan fingerprint density at radius 1 is 1.31 bits per heavy atom. The van der Waals surface area contributed by atoms with E-state index in [1.165, 1.54) is 6.07 Å². The van der Waals surface area contributed by atoms with Crippen molar-refractivity contribution in [2.24, 2.45) is 0 Å². The molecule has 1 saturated heterocycles. The molecular weight excluding hydrogens is 360 g/mol. The van der Waals surface area contributed by atoms with Crippen LogP contribution in [0, 0.1) is 0 Å². The number of piperidine rings is 1. The lowest BCUT2D eigenvalue weighted by Gasteiger charge is -2.32. The molecule has 0 aromatic carbocycles. The highest BCUT2D eigenvalue weighted by Crippen LogP contribution is 2.16. The molecule has 5 N–H and O–H groups in total. The highest BCUT2D eigenvalue weighted by atomic mass is 35.5. The van der Waals surface area contributed by atoms with Gasteiger partial charge in [0.25, 0.3) is 11.5 Å². The van der Waals surface area contributed by atoms with Crippen molar-refractivity contribution in [1.82, 2.24) is 15.2 Å². The van der Waals surface area contributed by atoms with Gasteiger partial charge in [-0.3, -0.25) is 14.4 Å². The van der Waals surface area contributed by atoms with Crippen LogP contribution in [0.3, 0.4) is 0 Å². The van der Waals surface area contributed by atoms with Gasteiger partial charge in [0, 0.05) is 25.6 Å². The number of H-pyrrole nitrogens is 1. The molecule has 0 radical (unpaired) electrons. The van der Waals surface area contributed by atoms with E-state index in [1.54, 1.807) is 0 Å². The molecule has 0 spiro atoms. The number of hydrogen-bond acceptors (Lipinski definition) is 5. The molecule has 0 atom stereocenters. The van der Waals surface area contributed by atoms with Crippen LogP contribution in [-0.2, 0) is 4.79 Å². The van der Waals surface area contributed by atoms with Crippen molar-refractivity contribution in [3.8, 4) is 0 Å². The number of amides is 1. The first-order chi connectivity index (χ1) is 12.4. The monoisotopic (exact) mass is 384 g/mol. The zero-order chi connectivity index (χ0) is 19.1. The van der Waals surface area contributed by atoms with Crippen LogP contribution in [-0.4, -0.2) is 52.5 Å². The summed E-state index contributed by atoms with van der Waals surface area (Å²) in [5, 5.41) is 11.6. The van der Waals surface area contributed by atoms with Crippen LogP contribution in [0.2, 0.25) is 5.02 Å². The number of rotatable bonds is 8. The van der Waals surface area contributed by atoms with Crippen LogP contribution in [0.25, 0.3) is 0 Å². The van der Waals surface area contributed by atoms with Gasteiger partial charge in [-0.25, -0.2) is 0 Å². The van der Waals surface area contributed by atoms with Crippen LogP contribution < -0.4 is 16.6 Å². The van der Waals surface area contributed by atoms with Crippen LogP contribution >= 0.6 is 11.6 Å². The second kappa shape index (κ2) is 9.59. The van der Waals surface area contributed by atoms with Gasteiger partial charge in [0.05, 0.1) is 5.02 Å². The predicted octanol–water partition coefficient (Wildman–Crippen LogP) is 1.45. The van der Waals surface area contributed by atoms with E-state index >= 15 is 0 Å². The Kier molecular flexibility index (Phi) is 7.47. The number of carbonyl (C=O) groups is 2. The highest BCUT2D eigenvalue weighted by Gasteiger charge is 2.22. The molecule has 144 valence electrons. The summed E-state index contributed by atoms with van der Waals surface area (Å²) in [4.78, 5) is 39.3. The average molecular weight is 385 g/mol. The number of nitrogens with one attached hydrogen (secondary N) is 2.